The highest BCUT2D eigenvalue weighted by atomic mass is 16.2. The van der Waals surface area contributed by atoms with Gasteiger partial charge in [0.15, 0.2) is 0 Å². The Morgan fingerprint density at radius 2 is 1.90 bits per heavy atom. The van der Waals surface area contributed by atoms with Crippen LogP contribution in [0, 0.1) is 29.6 Å². The Morgan fingerprint density at radius 1 is 1.25 bits per heavy atom. The Hall–Kier alpha value is -1.06. The molecular formula is C16H24N2O2. The average Bonchev–Trinajstić information content (AvgIpc) is 2.86. The molecule has 4 heteroatoms. The van der Waals surface area contributed by atoms with Gasteiger partial charge in [-0.25, -0.2) is 0 Å². The summed E-state index contributed by atoms with van der Waals surface area (Å²) in [4.78, 5) is 26.6. The van der Waals surface area contributed by atoms with Gasteiger partial charge in [-0.1, -0.05) is 20.3 Å². The first kappa shape index (κ1) is 12.7. The molecule has 2 amide bonds. The molecule has 0 aromatic rings. The second-order valence-corrected chi connectivity index (χ2v) is 7.38. The maximum atomic E-state index is 12.7. The fraction of sp³-hybridized carbons (Fsp3) is 0.875. The first-order chi connectivity index (χ1) is 9.61. The number of fused-ring (bicyclic) bond motifs is 5. The topological polar surface area (TPSA) is 49.4 Å². The second-order valence-electron chi connectivity index (χ2n) is 7.38. The fourth-order valence-corrected chi connectivity index (χ4v) is 5.26. The Kier molecular flexibility index (Phi) is 2.67. The van der Waals surface area contributed by atoms with Gasteiger partial charge in [0.2, 0.25) is 11.8 Å². The third-order valence-corrected chi connectivity index (χ3v) is 6.45. The summed E-state index contributed by atoms with van der Waals surface area (Å²) in [7, 11) is 0. The highest BCUT2D eigenvalue weighted by Crippen LogP contribution is 2.67. The molecule has 2 bridgehead atoms. The predicted molar refractivity (Wildman–Crippen MR) is 74.7 cm³/mol. The van der Waals surface area contributed by atoms with E-state index in [1.165, 1.54) is 19.3 Å². The number of hydrogen-bond donors (Lipinski definition) is 1. The van der Waals surface area contributed by atoms with Crippen LogP contribution in [0.2, 0.25) is 0 Å². The van der Waals surface area contributed by atoms with Gasteiger partial charge in [0, 0.05) is 6.04 Å². The van der Waals surface area contributed by atoms with Gasteiger partial charge < -0.3 is 10.2 Å². The van der Waals surface area contributed by atoms with E-state index in [-0.39, 0.29) is 23.8 Å². The smallest absolute Gasteiger partial charge is 0.246 e. The summed E-state index contributed by atoms with van der Waals surface area (Å²) in [6.07, 6.45) is 5.01. The van der Waals surface area contributed by atoms with E-state index in [9.17, 15) is 9.59 Å². The highest BCUT2D eigenvalue weighted by Gasteiger charge is 2.68. The Bertz CT molecular complexity index is 447. The molecular weight excluding hydrogens is 252 g/mol. The normalized spacial score (nSPS) is 47.2. The van der Waals surface area contributed by atoms with Gasteiger partial charge in [0.1, 0.15) is 6.04 Å². The van der Waals surface area contributed by atoms with Crippen molar-refractivity contribution in [1.82, 2.24) is 10.2 Å². The van der Waals surface area contributed by atoms with Crippen LogP contribution < -0.4 is 5.32 Å². The summed E-state index contributed by atoms with van der Waals surface area (Å²) >= 11 is 0. The highest BCUT2D eigenvalue weighted by molar-refractivity contribution is 5.95. The summed E-state index contributed by atoms with van der Waals surface area (Å²) in [5.74, 6) is 3.57. The van der Waals surface area contributed by atoms with Crippen LogP contribution in [0.25, 0.3) is 0 Å². The molecule has 110 valence electrons. The monoisotopic (exact) mass is 276 g/mol. The molecule has 3 saturated carbocycles. The first-order valence-electron chi connectivity index (χ1n) is 8.21. The van der Waals surface area contributed by atoms with E-state index in [0.717, 1.165) is 30.1 Å². The number of carbonyl (C=O) groups is 2. The lowest BCUT2D eigenvalue weighted by Gasteiger charge is -2.36. The summed E-state index contributed by atoms with van der Waals surface area (Å²) in [5, 5.41) is 2.90. The summed E-state index contributed by atoms with van der Waals surface area (Å²) in [6.45, 7) is 4.43. The van der Waals surface area contributed by atoms with E-state index in [2.05, 4.69) is 19.2 Å². The molecule has 1 heterocycles. The maximum absolute atomic E-state index is 12.7. The van der Waals surface area contributed by atoms with Crippen LogP contribution in [0.15, 0.2) is 0 Å². The number of hydrogen-bond acceptors (Lipinski definition) is 2. The molecule has 4 rings (SSSR count). The molecule has 4 nitrogen and oxygen atoms in total. The molecule has 0 spiro atoms. The standard InChI is InChI=1S/C16H24N2O2/c1-3-8(2)14-16(20)18(7-11(19)17-14)15-12-9-4-5-10(6-9)13(12)15/h8-10,12-15H,3-7H2,1-2H3,(H,17,19). The van der Waals surface area contributed by atoms with E-state index in [0.29, 0.717) is 12.6 Å². The van der Waals surface area contributed by atoms with Gasteiger partial charge in [-0.2, -0.15) is 0 Å². The summed E-state index contributed by atoms with van der Waals surface area (Å²) in [6, 6.07) is 0.103. The second kappa shape index (κ2) is 4.22. The number of piperazine rings is 1. The lowest BCUT2D eigenvalue weighted by molar-refractivity contribution is -0.147. The van der Waals surface area contributed by atoms with Crippen molar-refractivity contribution in [3.05, 3.63) is 0 Å². The zero-order chi connectivity index (χ0) is 14.0. The largest absolute Gasteiger partial charge is 0.342 e. The van der Waals surface area contributed by atoms with Crippen LogP contribution in [-0.4, -0.2) is 35.3 Å². The van der Waals surface area contributed by atoms with Crippen molar-refractivity contribution in [1.29, 1.82) is 0 Å². The molecule has 4 fully saturated rings. The summed E-state index contributed by atoms with van der Waals surface area (Å²) in [5.41, 5.74) is 0. The van der Waals surface area contributed by atoms with Gasteiger partial charge in [-0.3, -0.25) is 9.59 Å². The quantitative estimate of drug-likeness (QED) is 0.847. The van der Waals surface area contributed by atoms with Crippen LogP contribution in [0.5, 0.6) is 0 Å². The van der Waals surface area contributed by atoms with Crippen LogP contribution >= 0.6 is 0 Å². The maximum Gasteiger partial charge on any atom is 0.246 e. The first-order valence-corrected chi connectivity index (χ1v) is 8.21. The van der Waals surface area contributed by atoms with Gasteiger partial charge in [-0.05, 0) is 48.9 Å². The third-order valence-electron chi connectivity index (χ3n) is 6.45. The lowest BCUT2D eigenvalue weighted by atomic mass is 9.95. The van der Waals surface area contributed by atoms with Crippen LogP contribution in [-0.2, 0) is 9.59 Å². The van der Waals surface area contributed by atoms with Crippen molar-refractivity contribution >= 4 is 11.8 Å². The third kappa shape index (κ3) is 1.60. The van der Waals surface area contributed by atoms with Crippen molar-refractivity contribution in [2.24, 2.45) is 29.6 Å². The Labute approximate surface area is 120 Å². The molecule has 1 aliphatic heterocycles. The van der Waals surface area contributed by atoms with Crippen molar-refractivity contribution in [3.63, 3.8) is 0 Å². The lowest BCUT2D eigenvalue weighted by Crippen LogP contribution is -2.61. The van der Waals surface area contributed by atoms with E-state index in [4.69, 9.17) is 0 Å². The van der Waals surface area contributed by atoms with Crippen LogP contribution in [0.1, 0.15) is 39.5 Å². The minimum absolute atomic E-state index is 0.0345. The number of carbonyl (C=O) groups excluding carboxylic acids is 2. The van der Waals surface area contributed by atoms with E-state index in [1.807, 2.05) is 4.90 Å². The number of amides is 2. The molecule has 20 heavy (non-hydrogen) atoms. The molecule has 0 aromatic carbocycles. The van der Waals surface area contributed by atoms with Gasteiger partial charge in [0.25, 0.3) is 0 Å². The minimum atomic E-state index is -0.291. The zero-order valence-corrected chi connectivity index (χ0v) is 12.3. The SMILES string of the molecule is CCC(C)C1NC(=O)CN(C2C3C4CCC(C4)C32)C1=O. The van der Waals surface area contributed by atoms with E-state index < -0.39 is 0 Å². The van der Waals surface area contributed by atoms with Crippen LogP contribution in [0.3, 0.4) is 0 Å². The number of nitrogens with one attached hydrogen (secondary N) is 1. The molecule has 1 N–H and O–H groups in total. The fourth-order valence-electron chi connectivity index (χ4n) is 5.26. The van der Waals surface area contributed by atoms with Crippen molar-refractivity contribution in [2.45, 2.75) is 51.6 Å². The Balaban J connectivity index is 1.53. The van der Waals surface area contributed by atoms with Gasteiger partial charge >= 0.3 is 0 Å². The van der Waals surface area contributed by atoms with E-state index in [1.54, 1.807) is 0 Å². The predicted octanol–water partition coefficient (Wildman–Crippen LogP) is 1.40. The number of rotatable bonds is 3. The number of nitrogens with zero attached hydrogens (tertiary/aromatic N) is 1. The van der Waals surface area contributed by atoms with E-state index >= 15 is 0 Å². The zero-order valence-electron chi connectivity index (χ0n) is 12.3. The molecule has 0 aromatic heterocycles. The molecule has 6 unspecified atom stereocenters. The molecule has 0 radical (unpaired) electrons. The van der Waals surface area contributed by atoms with Crippen LogP contribution in [0.4, 0.5) is 0 Å². The molecule has 1 saturated heterocycles. The van der Waals surface area contributed by atoms with Crippen molar-refractivity contribution in [2.75, 3.05) is 6.54 Å². The summed E-state index contributed by atoms with van der Waals surface area (Å²) < 4.78 is 0. The Morgan fingerprint density at radius 3 is 2.50 bits per heavy atom. The van der Waals surface area contributed by atoms with Gasteiger partial charge in [0.05, 0.1) is 6.54 Å². The average molecular weight is 276 g/mol. The van der Waals surface area contributed by atoms with Crippen molar-refractivity contribution < 1.29 is 9.59 Å². The molecule has 4 aliphatic rings. The minimum Gasteiger partial charge on any atom is -0.342 e. The molecule has 6 atom stereocenters. The molecule has 3 aliphatic carbocycles. The van der Waals surface area contributed by atoms with Crippen molar-refractivity contribution in [3.8, 4) is 0 Å². The van der Waals surface area contributed by atoms with Gasteiger partial charge in [-0.15, -0.1) is 0 Å².